The molecule has 3 heteroatoms. The molecule has 0 saturated heterocycles. The zero-order valence-electron chi connectivity index (χ0n) is 7.96. The van der Waals surface area contributed by atoms with Crippen LogP contribution in [0.2, 0.25) is 5.02 Å². The minimum atomic E-state index is 0.784. The summed E-state index contributed by atoms with van der Waals surface area (Å²) in [6, 6.07) is 7.89. The van der Waals surface area contributed by atoms with E-state index in [1.165, 1.54) is 12.0 Å². The molecule has 0 aromatic heterocycles. The summed E-state index contributed by atoms with van der Waals surface area (Å²) in [5.74, 6) is 1.14. The molecule has 14 heavy (non-hydrogen) atoms. The van der Waals surface area contributed by atoms with Gasteiger partial charge in [-0.1, -0.05) is 23.7 Å². The molecule has 0 saturated carbocycles. The molecule has 0 amide bonds. The fourth-order valence-corrected chi connectivity index (χ4v) is 1.62. The zero-order chi connectivity index (χ0) is 9.80. The van der Waals surface area contributed by atoms with Crippen LogP contribution in [-0.4, -0.2) is 12.4 Å². The number of hydrogen-bond donors (Lipinski definition) is 1. The smallest absolute Gasteiger partial charge is 0.0966 e. The van der Waals surface area contributed by atoms with Crippen molar-refractivity contribution in [3.05, 3.63) is 34.9 Å². The van der Waals surface area contributed by atoms with E-state index in [0.717, 1.165) is 30.4 Å². The van der Waals surface area contributed by atoms with Crippen molar-refractivity contribution in [3.63, 3.8) is 0 Å². The number of rotatable bonds is 2. The number of halogens is 1. The molecule has 0 aliphatic carbocycles. The van der Waals surface area contributed by atoms with E-state index in [9.17, 15) is 0 Å². The predicted molar refractivity (Wildman–Crippen MR) is 59.8 cm³/mol. The Hall–Kier alpha value is -1.02. The first kappa shape index (κ1) is 9.53. The second-order valence-corrected chi connectivity index (χ2v) is 3.85. The summed E-state index contributed by atoms with van der Waals surface area (Å²) >= 11 is 5.79. The SMILES string of the molecule is Clc1ccc(CNC2=NCCC2)cc1. The topological polar surface area (TPSA) is 24.4 Å². The van der Waals surface area contributed by atoms with Gasteiger partial charge >= 0.3 is 0 Å². The van der Waals surface area contributed by atoms with Crippen LogP contribution in [0.4, 0.5) is 0 Å². The van der Waals surface area contributed by atoms with Crippen molar-refractivity contribution < 1.29 is 0 Å². The van der Waals surface area contributed by atoms with Gasteiger partial charge in [-0.25, -0.2) is 0 Å². The Labute approximate surface area is 89.0 Å². The normalized spacial score (nSPS) is 15.4. The van der Waals surface area contributed by atoms with Gasteiger partial charge in [-0.3, -0.25) is 4.99 Å². The van der Waals surface area contributed by atoms with Crippen molar-refractivity contribution in [3.8, 4) is 0 Å². The van der Waals surface area contributed by atoms with Crippen LogP contribution in [0, 0.1) is 0 Å². The number of hydrogen-bond acceptors (Lipinski definition) is 2. The van der Waals surface area contributed by atoms with E-state index in [4.69, 9.17) is 11.6 Å². The average Bonchev–Trinajstić information content (AvgIpc) is 2.70. The molecule has 1 aromatic rings. The van der Waals surface area contributed by atoms with Crippen LogP contribution < -0.4 is 5.32 Å². The van der Waals surface area contributed by atoms with E-state index in [2.05, 4.69) is 10.3 Å². The summed E-state index contributed by atoms with van der Waals surface area (Å²) in [7, 11) is 0. The third-order valence-corrected chi connectivity index (χ3v) is 2.54. The number of nitrogens with zero attached hydrogens (tertiary/aromatic N) is 1. The summed E-state index contributed by atoms with van der Waals surface area (Å²) in [6.07, 6.45) is 2.27. The quantitative estimate of drug-likeness (QED) is 0.794. The number of nitrogens with one attached hydrogen (secondary N) is 1. The summed E-state index contributed by atoms with van der Waals surface area (Å²) in [5, 5.41) is 4.11. The summed E-state index contributed by atoms with van der Waals surface area (Å²) in [6.45, 7) is 1.82. The first-order chi connectivity index (χ1) is 6.84. The lowest BCUT2D eigenvalue weighted by Gasteiger charge is -2.05. The minimum absolute atomic E-state index is 0.784. The molecule has 2 rings (SSSR count). The second kappa shape index (κ2) is 4.47. The van der Waals surface area contributed by atoms with Crippen LogP contribution >= 0.6 is 11.6 Å². The van der Waals surface area contributed by atoms with E-state index in [1.54, 1.807) is 0 Å². The van der Waals surface area contributed by atoms with Gasteiger partial charge in [-0.05, 0) is 24.1 Å². The first-order valence-electron chi connectivity index (χ1n) is 4.86. The van der Waals surface area contributed by atoms with Gasteiger partial charge in [0.25, 0.3) is 0 Å². The molecule has 1 aliphatic heterocycles. The van der Waals surface area contributed by atoms with Crippen molar-refractivity contribution in [2.75, 3.05) is 6.54 Å². The van der Waals surface area contributed by atoms with Crippen LogP contribution in [0.5, 0.6) is 0 Å². The molecular formula is C11H13ClN2. The van der Waals surface area contributed by atoms with Crippen molar-refractivity contribution in [1.29, 1.82) is 0 Å². The third-order valence-electron chi connectivity index (χ3n) is 2.28. The van der Waals surface area contributed by atoms with E-state index in [1.807, 2.05) is 24.3 Å². The lowest BCUT2D eigenvalue weighted by molar-refractivity contribution is 0.888. The third kappa shape index (κ3) is 2.48. The Kier molecular flexibility index (Phi) is 3.04. The van der Waals surface area contributed by atoms with Crippen LogP contribution in [0.25, 0.3) is 0 Å². The van der Waals surface area contributed by atoms with E-state index >= 15 is 0 Å². The highest BCUT2D eigenvalue weighted by Gasteiger charge is 2.04. The summed E-state index contributed by atoms with van der Waals surface area (Å²) in [4.78, 5) is 4.35. The standard InChI is InChI=1S/C11H13ClN2/c12-10-5-3-9(4-6-10)8-14-11-2-1-7-13-11/h3-6H,1-2,7-8H2,(H,13,14). The maximum atomic E-state index is 5.79. The number of aliphatic imine (C=N–C) groups is 1. The fraction of sp³-hybridized carbons (Fsp3) is 0.364. The molecule has 2 nitrogen and oxygen atoms in total. The second-order valence-electron chi connectivity index (χ2n) is 3.41. The number of benzene rings is 1. The largest absolute Gasteiger partial charge is 0.370 e. The van der Waals surface area contributed by atoms with Crippen molar-refractivity contribution in [1.82, 2.24) is 5.32 Å². The van der Waals surface area contributed by atoms with Gasteiger partial charge in [-0.15, -0.1) is 0 Å². The highest BCUT2D eigenvalue weighted by Crippen LogP contribution is 2.09. The van der Waals surface area contributed by atoms with Gasteiger partial charge in [0.1, 0.15) is 0 Å². The Balaban J connectivity index is 1.88. The Bertz CT molecular complexity index is 330. The van der Waals surface area contributed by atoms with Crippen molar-refractivity contribution in [2.24, 2.45) is 4.99 Å². The molecule has 0 spiro atoms. The van der Waals surface area contributed by atoms with Gasteiger partial charge in [0.15, 0.2) is 0 Å². The average molecular weight is 209 g/mol. The molecule has 1 N–H and O–H groups in total. The van der Waals surface area contributed by atoms with Gasteiger partial charge < -0.3 is 5.32 Å². The summed E-state index contributed by atoms with van der Waals surface area (Å²) < 4.78 is 0. The lowest BCUT2D eigenvalue weighted by Crippen LogP contribution is -2.20. The highest BCUT2D eigenvalue weighted by molar-refractivity contribution is 6.30. The summed E-state index contributed by atoms with van der Waals surface area (Å²) in [5.41, 5.74) is 1.24. The van der Waals surface area contributed by atoms with Crippen LogP contribution in [-0.2, 0) is 6.54 Å². The van der Waals surface area contributed by atoms with Crippen molar-refractivity contribution in [2.45, 2.75) is 19.4 Å². The van der Waals surface area contributed by atoms with Crippen molar-refractivity contribution >= 4 is 17.4 Å². The molecule has 1 aliphatic rings. The van der Waals surface area contributed by atoms with Crippen LogP contribution in [0.3, 0.4) is 0 Å². The Morgan fingerprint density at radius 2 is 2.07 bits per heavy atom. The van der Waals surface area contributed by atoms with Crippen LogP contribution in [0.15, 0.2) is 29.3 Å². The molecule has 0 fully saturated rings. The molecule has 0 radical (unpaired) electrons. The molecule has 1 aromatic carbocycles. The Morgan fingerprint density at radius 3 is 2.71 bits per heavy atom. The van der Waals surface area contributed by atoms with Gasteiger partial charge in [0.05, 0.1) is 5.84 Å². The Morgan fingerprint density at radius 1 is 1.29 bits per heavy atom. The molecule has 1 heterocycles. The maximum absolute atomic E-state index is 5.79. The molecule has 0 atom stereocenters. The lowest BCUT2D eigenvalue weighted by atomic mass is 10.2. The van der Waals surface area contributed by atoms with E-state index < -0.39 is 0 Å². The zero-order valence-corrected chi connectivity index (χ0v) is 8.72. The minimum Gasteiger partial charge on any atom is -0.370 e. The maximum Gasteiger partial charge on any atom is 0.0966 e. The first-order valence-corrected chi connectivity index (χ1v) is 5.24. The fourth-order valence-electron chi connectivity index (χ4n) is 1.49. The van der Waals surface area contributed by atoms with E-state index in [0.29, 0.717) is 0 Å². The molecule has 74 valence electrons. The van der Waals surface area contributed by atoms with Gasteiger partial charge in [0.2, 0.25) is 0 Å². The van der Waals surface area contributed by atoms with Crippen LogP contribution in [0.1, 0.15) is 18.4 Å². The van der Waals surface area contributed by atoms with E-state index in [-0.39, 0.29) is 0 Å². The van der Waals surface area contributed by atoms with Gasteiger partial charge in [0, 0.05) is 24.5 Å². The predicted octanol–water partition coefficient (Wildman–Crippen LogP) is 2.62. The van der Waals surface area contributed by atoms with Gasteiger partial charge in [-0.2, -0.15) is 0 Å². The molecular weight excluding hydrogens is 196 g/mol. The molecule has 0 unspecified atom stereocenters. The molecule has 0 bridgehead atoms. The highest BCUT2D eigenvalue weighted by atomic mass is 35.5. The number of amidine groups is 1. The monoisotopic (exact) mass is 208 g/mol.